The maximum Gasteiger partial charge on any atom is 0.123 e. The Labute approximate surface area is 154 Å². The van der Waals surface area contributed by atoms with E-state index in [0.29, 0.717) is 0 Å². The number of anilines is 1. The van der Waals surface area contributed by atoms with Crippen LogP contribution in [-0.4, -0.2) is 29.8 Å². The first-order valence-electron chi connectivity index (χ1n) is 9.07. The van der Waals surface area contributed by atoms with Gasteiger partial charge in [0.05, 0.1) is 11.9 Å². The van der Waals surface area contributed by atoms with Crippen LogP contribution in [0.4, 0.5) is 10.1 Å². The Morgan fingerprint density at radius 2 is 1.85 bits per heavy atom. The van der Waals surface area contributed by atoms with Crippen molar-refractivity contribution in [1.82, 2.24) is 15.5 Å². The lowest BCUT2D eigenvalue weighted by molar-refractivity contribution is 0.628. The molecule has 0 radical (unpaired) electrons. The molecule has 0 atom stereocenters. The van der Waals surface area contributed by atoms with Crippen molar-refractivity contribution in [2.75, 3.05) is 24.5 Å². The van der Waals surface area contributed by atoms with Crippen LogP contribution in [0.25, 0.3) is 11.3 Å². The summed E-state index contributed by atoms with van der Waals surface area (Å²) in [5.74, 6) is -0.230. The molecule has 0 fully saturated rings. The third-order valence-corrected chi connectivity index (χ3v) is 4.45. The van der Waals surface area contributed by atoms with E-state index in [1.54, 1.807) is 12.1 Å². The van der Waals surface area contributed by atoms with Crippen molar-refractivity contribution in [1.29, 1.82) is 0 Å². The molecule has 0 saturated heterocycles. The van der Waals surface area contributed by atoms with Crippen molar-refractivity contribution in [2.24, 2.45) is 0 Å². The van der Waals surface area contributed by atoms with Gasteiger partial charge in [0.1, 0.15) is 5.82 Å². The number of aromatic nitrogens is 2. The van der Waals surface area contributed by atoms with Gasteiger partial charge in [0.15, 0.2) is 0 Å². The molecular formula is C21H25FN4. The van der Waals surface area contributed by atoms with Crippen LogP contribution in [0.1, 0.15) is 18.9 Å². The summed E-state index contributed by atoms with van der Waals surface area (Å²) >= 11 is 0. The lowest BCUT2D eigenvalue weighted by Crippen LogP contribution is -2.27. The standard InChI is InChI=1S/C21H25FN4/c1-2-26(20-7-4-3-5-8-20)14-6-13-23-15-18-16-24-25-21(18)17-9-11-19(22)12-10-17/h3-5,7-12,16,23H,2,6,13-15H2,1H3,(H,24,25). The second-order valence-corrected chi connectivity index (χ2v) is 6.22. The van der Waals surface area contributed by atoms with Gasteiger partial charge in [-0.1, -0.05) is 18.2 Å². The topological polar surface area (TPSA) is 44.0 Å². The average Bonchev–Trinajstić information content (AvgIpc) is 3.14. The number of hydrogen-bond donors (Lipinski definition) is 2. The Morgan fingerprint density at radius 1 is 1.08 bits per heavy atom. The van der Waals surface area contributed by atoms with Gasteiger partial charge in [-0.3, -0.25) is 5.10 Å². The summed E-state index contributed by atoms with van der Waals surface area (Å²) < 4.78 is 13.1. The molecule has 1 aromatic heterocycles. The van der Waals surface area contributed by atoms with Crippen LogP contribution in [-0.2, 0) is 6.54 Å². The number of halogens is 1. The zero-order chi connectivity index (χ0) is 18.2. The Hall–Kier alpha value is -2.66. The molecule has 2 N–H and O–H groups in total. The fourth-order valence-electron chi connectivity index (χ4n) is 3.04. The number of nitrogens with one attached hydrogen (secondary N) is 2. The van der Waals surface area contributed by atoms with E-state index in [4.69, 9.17) is 0 Å². The van der Waals surface area contributed by atoms with Gasteiger partial charge in [-0.2, -0.15) is 5.10 Å². The van der Waals surface area contributed by atoms with E-state index in [-0.39, 0.29) is 5.82 Å². The second kappa shape index (κ2) is 9.15. The lowest BCUT2D eigenvalue weighted by atomic mass is 10.1. The van der Waals surface area contributed by atoms with Crippen molar-refractivity contribution in [3.63, 3.8) is 0 Å². The van der Waals surface area contributed by atoms with E-state index in [1.165, 1.54) is 17.8 Å². The van der Waals surface area contributed by atoms with Gasteiger partial charge in [-0.25, -0.2) is 4.39 Å². The number of benzene rings is 2. The predicted octanol–water partition coefficient (Wildman–Crippen LogP) is 4.22. The number of para-hydroxylation sites is 1. The monoisotopic (exact) mass is 352 g/mol. The minimum Gasteiger partial charge on any atom is -0.372 e. The molecule has 0 aliphatic heterocycles. The predicted molar refractivity (Wildman–Crippen MR) is 105 cm³/mol. The molecule has 26 heavy (non-hydrogen) atoms. The molecule has 0 unspecified atom stereocenters. The zero-order valence-electron chi connectivity index (χ0n) is 15.1. The van der Waals surface area contributed by atoms with Crippen LogP contribution in [0.2, 0.25) is 0 Å². The highest BCUT2D eigenvalue weighted by molar-refractivity contribution is 5.62. The summed E-state index contributed by atoms with van der Waals surface area (Å²) in [6.07, 6.45) is 2.89. The third kappa shape index (κ3) is 4.70. The van der Waals surface area contributed by atoms with Crippen molar-refractivity contribution >= 4 is 5.69 Å². The van der Waals surface area contributed by atoms with Crippen molar-refractivity contribution < 1.29 is 4.39 Å². The number of aromatic amines is 1. The summed E-state index contributed by atoms with van der Waals surface area (Å²) in [4.78, 5) is 2.38. The molecular weight excluding hydrogens is 327 g/mol. The van der Waals surface area contributed by atoms with Crippen LogP contribution in [0, 0.1) is 5.82 Å². The Bertz CT molecular complexity index is 783. The fourth-order valence-corrected chi connectivity index (χ4v) is 3.04. The number of rotatable bonds is 9. The maximum absolute atomic E-state index is 13.1. The minimum atomic E-state index is -0.230. The summed E-state index contributed by atoms with van der Waals surface area (Å²) in [6, 6.07) is 17.0. The van der Waals surface area contributed by atoms with E-state index < -0.39 is 0 Å². The number of nitrogens with zero attached hydrogens (tertiary/aromatic N) is 2. The van der Waals surface area contributed by atoms with Gasteiger partial charge in [0.2, 0.25) is 0 Å². The van der Waals surface area contributed by atoms with Gasteiger partial charge in [0, 0.05) is 36.4 Å². The highest BCUT2D eigenvalue weighted by atomic mass is 19.1. The van der Waals surface area contributed by atoms with E-state index in [1.807, 2.05) is 12.3 Å². The molecule has 136 valence electrons. The highest BCUT2D eigenvalue weighted by Gasteiger charge is 2.08. The van der Waals surface area contributed by atoms with Crippen LogP contribution in [0.3, 0.4) is 0 Å². The van der Waals surface area contributed by atoms with E-state index in [9.17, 15) is 4.39 Å². The minimum absolute atomic E-state index is 0.230. The number of H-pyrrole nitrogens is 1. The first-order valence-corrected chi connectivity index (χ1v) is 9.07. The van der Waals surface area contributed by atoms with E-state index in [0.717, 1.165) is 49.4 Å². The summed E-state index contributed by atoms with van der Waals surface area (Å²) in [5, 5.41) is 10.6. The van der Waals surface area contributed by atoms with Crippen molar-refractivity contribution in [3.8, 4) is 11.3 Å². The fraction of sp³-hybridized carbons (Fsp3) is 0.286. The normalized spacial score (nSPS) is 10.8. The molecule has 0 aliphatic rings. The van der Waals surface area contributed by atoms with Crippen LogP contribution in [0.15, 0.2) is 60.8 Å². The lowest BCUT2D eigenvalue weighted by Gasteiger charge is -2.23. The van der Waals surface area contributed by atoms with Gasteiger partial charge >= 0.3 is 0 Å². The molecule has 2 aromatic carbocycles. The van der Waals surface area contributed by atoms with Crippen molar-refractivity contribution in [3.05, 3.63) is 72.2 Å². The van der Waals surface area contributed by atoms with Crippen molar-refractivity contribution in [2.45, 2.75) is 19.9 Å². The first kappa shape index (κ1) is 18.1. The van der Waals surface area contributed by atoms with Gasteiger partial charge in [-0.05, 0) is 56.3 Å². The smallest absolute Gasteiger partial charge is 0.123 e. The second-order valence-electron chi connectivity index (χ2n) is 6.22. The van der Waals surface area contributed by atoms with Gasteiger partial charge in [-0.15, -0.1) is 0 Å². The molecule has 0 aliphatic carbocycles. The Kier molecular flexibility index (Phi) is 6.39. The number of hydrogen-bond acceptors (Lipinski definition) is 3. The molecule has 5 heteroatoms. The molecule has 3 aromatic rings. The molecule has 3 rings (SSSR count). The molecule has 0 saturated carbocycles. The molecule has 0 bridgehead atoms. The summed E-state index contributed by atoms with van der Waals surface area (Å²) in [5.41, 5.74) is 4.24. The Morgan fingerprint density at radius 3 is 2.58 bits per heavy atom. The van der Waals surface area contributed by atoms with Gasteiger partial charge in [0.25, 0.3) is 0 Å². The maximum atomic E-state index is 13.1. The van der Waals surface area contributed by atoms with E-state index >= 15 is 0 Å². The average molecular weight is 352 g/mol. The SMILES string of the molecule is CCN(CCCNCc1cn[nH]c1-c1ccc(F)cc1)c1ccccc1. The molecule has 0 spiro atoms. The first-order chi connectivity index (χ1) is 12.8. The van der Waals surface area contributed by atoms with Gasteiger partial charge < -0.3 is 10.2 Å². The molecule has 4 nitrogen and oxygen atoms in total. The van der Waals surface area contributed by atoms with Crippen LogP contribution < -0.4 is 10.2 Å². The van der Waals surface area contributed by atoms with E-state index in [2.05, 4.69) is 51.6 Å². The third-order valence-electron chi connectivity index (χ3n) is 4.45. The van der Waals surface area contributed by atoms with Crippen LogP contribution >= 0.6 is 0 Å². The summed E-state index contributed by atoms with van der Waals surface area (Å²) in [6.45, 7) is 5.86. The highest BCUT2D eigenvalue weighted by Crippen LogP contribution is 2.21. The largest absolute Gasteiger partial charge is 0.372 e. The molecule has 0 amide bonds. The zero-order valence-corrected chi connectivity index (χ0v) is 15.1. The van der Waals surface area contributed by atoms with Crippen LogP contribution in [0.5, 0.6) is 0 Å². The molecule has 1 heterocycles. The quantitative estimate of drug-likeness (QED) is 0.567. The Balaban J connectivity index is 1.47. The summed E-state index contributed by atoms with van der Waals surface area (Å²) in [7, 11) is 0.